The van der Waals surface area contributed by atoms with Crippen LogP contribution in [0.2, 0.25) is 5.02 Å². The zero-order valence-corrected chi connectivity index (χ0v) is 17.1. The fraction of sp³-hybridized carbons (Fsp3) is 0.0870. The van der Waals surface area contributed by atoms with Gasteiger partial charge in [-0.2, -0.15) is 5.10 Å². The van der Waals surface area contributed by atoms with E-state index < -0.39 is 5.97 Å². The Morgan fingerprint density at radius 3 is 2.27 bits per heavy atom. The summed E-state index contributed by atoms with van der Waals surface area (Å²) in [5.41, 5.74) is 5.07. The van der Waals surface area contributed by atoms with Crippen LogP contribution in [0.15, 0.2) is 71.8 Å². The van der Waals surface area contributed by atoms with Crippen molar-refractivity contribution in [2.24, 2.45) is 5.10 Å². The van der Waals surface area contributed by atoms with Gasteiger partial charge in [-0.3, -0.25) is 4.79 Å². The third-order valence-corrected chi connectivity index (χ3v) is 4.42. The number of rotatable bonds is 6. The molecule has 3 aromatic rings. The van der Waals surface area contributed by atoms with Crippen LogP contribution in [0.5, 0.6) is 11.5 Å². The van der Waals surface area contributed by atoms with Crippen LogP contribution in [0.25, 0.3) is 0 Å². The van der Waals surface area contributed by atoms with E-state index in [1.807, 2.05) is 19.1 Å². The number of benzene rings is 3. The molecule has 3 rings (SSSR count). The first-order chi connectivity index (χ1) is 14.5. The molecule has 0 saturated carbocycles. The predicted octanol–water partition coefficient (Wildman–Crippen LogP) is 4.64. The minimum absolute atomic E-state index is 0.262. The maximum atomic E-state index is 12.3. The molecule has 1 amide bonds. The molecule has 6 nitrogen and oxygen atoms in total. The number of esters is 1. The van der Waals surface area contributed by atoms with Crippen molar-refractivity contribution in [2.45, 2.75) is 6.92 Å². The molecule has 30 heavy (non-hydrogen) atoms. The first-order valence-corrected chi connectivity index (χ1v) is 9.40. The lowest BCUT2D eigenvalue weighted by molar-refractivity contribution is 0.0729. The maximum absolute atomic E-state index is 12.3. The SMILES string of the molecule is COc1cc(/C=N\NC(=O)c2ccc(C)cc2)ccc1OC(=O)c1ccc(Cl)cc1. The van der Waals surface area contributed by atoms with Crippen LogP contribution < -0.4 is 14.9 Å². The number of hydrogen-bond acceptors (Lipinski definition) is 5. The van der Waals surface area contributed by atoms with Crippen LogP contribution in [0.3, 0.4) is 0 Å². The second kappa shape index (κ2) is 9.71. The summed E-state index contributed by atoms with van der Waals surface area (Å²) in [4.78, 5) is 24.4. The fourth-order valence-corrected chi connectivity index (χ4v) is 2.65. The number of carbonyl (C=O) groups excluding carboxylic acids is 2. The standard InChI is InChI=1S/C23H19ClN2O4/c1-15-3-6-17(7-4-15)22(27)26-25-14-16-5-12-20(21(13-16)29-2)30-23(28)18-8-10-19(24)11-9-18/h3-14H,1-2H3,(H,26,27)/b25-14-. The van der Waals surface area contributed by atoms with E-state index in [1.165, 1.54) is 13.3 Å². The Morgan fingerprint density at radius 2 is 1.60 bits per heavy atom. The predicted molar refractivity (Wildman–Crippen MR) is 116 cm³/mol. The van der Waals surface area contributed by atoms with E-state index in [0.717, 1.165) is 5.56 Å². The van der Waals surface area contributed by atoms with E-state index >= 15 is 0 Å². The van der Waals surface area contributed by atoms with Gasteiger partial charge in [-0.05, 0) is 67.1 Å². The number of aryl methyl sites for hydroxylation is 1. The third-order valence-electron chi connectivity index (χ3n) is 4.16. The maximum Gasteiger partial charge on any atom is 0.343 e. The van der Waals surface area contributed by atoms with Crippen LogP contribution in [0, 0.1) is 6.92 Å². The van der Waals surface area contributed by atoms with E-state index in [-0.39, 0.29) is 11.7 Å². The first-order valence-electron chi connectivity index (χ1n) is 9.02. The Bertz CT molecular complexity index is 1080. The van der Waals surface area contributed by atoms with Crippen LogP contribution in [0.1, 0.15) is 31.8 Å². The number of amides is 1. The molecule has 3 aromatic carbocycles. The molecule has 0 fully saturated rings. The molecule has 0 spiro atoms. The summed E-state index contributed by atoms with van der Waals surface area (Å²) in [6.07, 6.45) is 1.47. The van der Waals surface area contributed by atoms with Crippen LogP contribution in [-0.2, 0) is 0 Å². The van der Waals surface area contributed by atoms with Gasteiger partial charge < -0.3 is 9.47 Å². The molecule has 7 heteroatoms. The molecule has 0 aliphatic heterocycles. The van der Waals surface area contributed by atoms with E-state index in [9.17, 15) is 9.59 Å². The number of carbonyl (C=O) groups is 2. The first kappa shape index (κ1) is 21.1. The van der Waals surface area contributed by atoms with E-state index in [0.29, 0.717) is 27.5 Å². The van der Waals surface area contributed by atoms with Gasteiger partial charge in [0.1, 0.15) is 0 Å². The molecule has 0 saturated heterocycles. The normalized spacial score (nSPS) is 10.6. The van der Waals surface area contributed by atoms with Crippen molar-refractivity contribution in [1.82, 2.24) is 5.43 Å². The fourth-order valence-electron chi connectivity index (χ4n) is 2.53. The molecule has 0 heterocycles. The Kier molecular flexibility index (Phi) is 6.83. The lowest BCUT2D eigenvalue weighted by Crippen LogP contribution is -2.17. The van der Waals surface area contributed by atoms with Crippen molar-refractivity contribution in [3.05, 3.63) is 94.0 Å². The van der Waals surface area contributed by atoms with Crippen LogP contribution >= 0.6 is 11.6 Å². The van der Waals surface area contributed by atoms with Gasteiger partial charge in [0, 0.05) is 10.6 Å². The highest BCUT2D eigenvalue weighted by molar-refractivity contribution is 6.30. The topological polar surface area (TPSA) is 77.0 Å². The Labute approximate surface area is 179 Å². The van der Waals surface area contributed by atoms with Crippen molar-refractivity contribution in [1.29, 1.82) is 0 Å². The lowest BCUT2D eigenvalue weighted by Gasteiger charge is -2.10. The number of nitrogens with one attached hydrogen (secondary N) is 1. The van der Waals surface area contributed by atoms with Gasteiger partial charge in [-0.25, -0.2) is 10.2 Å². The highest BCUT2D eigenvalue weighted by Gasteiger charge is 2.13. The molecule has 152 valence electrons. The van der Waals surface area contributed by atoms with Gasteiger partial charge in [-0.1, -0.05) is 29.3 Å². The van der Waals surface area contributed by atoms with Gasteiger partial charge >= 0.3 is 5.97 Å². The Balaban J connectivity index is 1.66. The largest absolute Gasteiger partial charge is 0.493 e. The van der Waals surface area contributed by atoms with Gasteiger partial charge in [0.2, 0.25) is 0 Å². The summed E-state index contributed by atoms with van der Waals surface area (Å²) in [5, 5.41) is 4.49. The van der Waals surface area contributed by atoms with Gasteiger partial charge in [0.15, 0.2) is 11.5 Å². The third kappa shape index (κ3) is 5.46. The van der Waals surface area contributed by atoms with Gasteiger partial charge in [0.05, 0.1) is 18.9 Å². The minimum Gasteiger partial charge on any atom is -0.493 e. The molecule has 0 aromatic heterocycles. The van der Waals surface area contributed by atoms with Crippen molar-refractivity contribution in [3.8, 4) is 11.5 Å². The van der Waals surface area contributed by atoms with Crippen LogP contribution in [-0.4, -0.2) is 25.2 Å². The second-order valence-corrected chi connectivity index (χ2v) is 6.81. The Morgan fingerprint density at radius 1 is 0.933 bits per heavy atom. The molecular formula is C23H19ClN2O4. The molecule has 0 aliphatic rings. The van der Waals surface area contributed by atoms with Crippen molar-refractivity contribution < 1.29 is 19.1 Å². The van der Waals surface area contributed by atoms with E-state index in [1.54, 1.807) is 54.6 Å². The van der Waals surface area contributed by atoms with Crippen molar-refractivity contribution in [3.63, 3.8) is 0 Å². The van der Waals surface area contributed by atoms with Crippen LogP contribution in [0.4, 0.5) is 0 Å². The lowest BCUT2D eigenvalue weighted by atomic mass is 10.1. The smallest absolute Gasteiger partial charge is 0.343 e. The van der Waals surface area contributed by atoms with Gasteiger partial charge in [0.25, 0.3) is 5.91 Å². The summed E-state index contributed by atoms with van der Waals surface area (Å²) in [6, 6.07) is 18.5. The molecule has 0 aliphatic carbocycles. The zero-order chi connectivity index (χ0) is 21.5. The number of hydrogen-bond donors (Lipinski definition) is 1. The summed E-state index contributed by atoms with van der Waals surface area (Å²) >= 11 is 5.83. The molecule has 0 atom stereocenters. The number of methoxy groups -OCH3 is 1. The quantitative estimate of drug-likeness (QED) is 0.272. The number of halogens is 1. The molecule has 0 unspecified atom stereocenters. The summed E-state index contributed by atoms with van der Waals surface area (Å²) in [7, 11) is 1.47. The zero-order valence-electron chi connectivity index (χ0n) is 16.4. The average Bonchev–Trinajstić information content (AvgIpc) is 2.75. The summed E-state index contributed by atoms with van der Waals surface area (Å²) < 4.78 is 10.7. The second-order valence-electron chi connectivity index (χ2n) is 6.37. The van der Waals surface area contributed by atoms with Gasteiger partial charge in [-0.15, -0.1) is 0 Å². The highest BCUT2D eigenvalue weighted by Crippen LogP contribution is 2.28. The number of ether oxygens (including phenoxy) is 2. The molecule has 1 N–H and O–H groups in total. The molecule has 0 radical (unpaired) electrons. The van der Waals surface area contributed by atoms with Crippen molar-refractivity contribution in [2.75, 3.05) is 7.11 Å². The van der Waals surface area contributed by atoms with Crippen molar-refractivity contribution >= 4 is 29.7 Å². The summed E-state index contributed by atoms with van der Waals surface area (Å²) in [6.45, 7) is 1.95. The molecule has 0 bridgehead atoms. The summed E-state index contributed by atoms with van der Waals surface area (Å²) in [5.74, 6) is -0.229. The van der Waals surface area contributed by atoms with E-state index in [4.69, 9.17) is 21.1 Å². The monoisotopic (exact) mass is 422 g/mol. The minimum atomic E-state index is -0.531. The number of nitrogens with zero attached hydrogens (tertiary/aromatic N) is 1. The molecular weight excluding hydrogens is 404 g/mol. The Hall–Kier alpha value is -3.64. The average molecular weight is 423 g/mol. The number of hydrazone groups is 1. The highest BCUT2D eigenvalue weighted by atomic mass is 35.5. The van der Waals surface area contributed by atoms with E-state index in [2.05, 4.69) is 10.5 Å².